The van der Waals surface area contributed by atoms with E-state index in [-0.39, 0.29) is 5.78 Å². The van der Waals surface area contributed by atoms with E-state index in [1.54, 1.807) is 0 Å². The first-order chi connectivity index (χ1) is 6.63. The second-order valence-electron chi connectivity index (χ2n) is 3.94. The molecule has 1 aliphatic rings. The maximum absolute atomic E-state index is 11.9. The molecule has 0 unspecified atom stereocenters. The minimum Gasteiger partial charge on any atom is -0.289 e. The average Bonchev–Trinajstić information content (AvgIpc) is 2.42. The van der Waals surface area contributed by atoms with E-state index in [9.17, 15) is 4.79 Å². The number of carbonyl (C=O) groups is 1. The first-order valence-electron chi connectivity index (χ1n) is 4.93. The Balaban J connectivity index is 2.65. The van der Waals surface area contributed by atoms with Crippen LogP contribution in [-0.2, 0) is 6.42 Å². The molecule has 1 aromatic rings. The van der Waals surface area contributed by atoms with Crippen molar-refractivity contribution in [2.45, 2.75) is 20.3 Å². The molecule has 0 N–H and O–H groups in total. The summed E-state index contributed by atoms with van der Waals surface area (Å²) in [6, 6.07) is 4.20. The Kier molecular flexibility index (Phi) is 2.07. The van der Waals surface area contributed by atoms with Crippen molar-refractivity contribution in [2.75, 3.05) is 0 Å². The molecule has 0 radical (unpaired) electrons. The molecule has 1 aliphatic carbocycles. The molecule has 0 bridgehead atoms. The van der Waals surface area contributed by atoms with Crippen molar-refractivity contribution in [2.24, 2.45) is 0 Å². The highest BCUT2D eigenvalue weighted by Crippen LogP contribution is 2.25. The van der Waals surface area contributed by atoms with Crippen LogP contribution in [0.4, 0.5) is 0 Å². The number of hydrogen-bond acceptors (Lipinski definition) is 1. The first-order valence-corrected chi connectivity index (χ1v) is 4.93. The minimum absolute atomic E-state index is 0.222. The van der Waals surface area contributed by atoms with Gasteiger partial charge in [-0.1, -0.05) is 29.2 Å². The van der Waals surface area contributed by atoms with Gasteiger partial charge in [-0.3, -0.25) is 4.79 Å². The number of hydrogen-bond donors (Lipinski definition) is 0. The monoisotopic (exact) mass is 184 g/mol. The van der Waals surface area contributed by atoms with Crippen LogP contribution in [0.2, 0.25) is 0 Å². The highest BCUT2D eigenvalue weighted by atomic mass is 16.1. The molecular formula is C12H13BO. The van der Waals surface area contributed by atoms with Gasteiger partial charge in [0.1, 0.15) is 7.85 Å². The van der Waals surface area contributed by atoms with Gasteiger partial charge in [-0.2, -0.15) is 0 Å². The third-order valence-corrected chi connectivity index (χ3v) is 2.81. The topological polar surface area (TPSA) is 17.1 Å². The lowest BCUT2D eigenvalue weighted by atomic mass is 9.86. The Morgan fingerprint density at radius 1 is 1.43 bits per heavy atom. The lowest BCUT2D eigenvalue weighted by molar-refractivity contribution is 0.104. The van der Waals surface area contributed by atoms with Crippen LogP contribution < -0.4 is 5.46 Å². The maximum Gasteiger partial charge on any atom is 0.188 e. The molecule has 0 aromatic heterocycles. The molecule has 2 heteroatoms. The Morgan fingerprint density at radius 2 is 2.14 bits per heavy atom. The molecule has 0 atom stereocenters. The molecule has 0 spiro atoms. The number of fused-ring (bicyclic) bond motifs is 1. The fraction of sp³-hybridized carbons (Fsp3) is 0.250. The summed E-state index contributed by atoms with van der Waals surface area (Å²) < 4.78 is 0. The smallest absolute Gasteiger partial charge is 0.188 e. The van der Waals surface area contributed by atoms with E-state index in [1.165, 1.54) is 11.1 Å². The van der Waals surface area contributed by atoms with Crippen LogP contribution in [0.15, 0.2) is 23.8 Å². The summed E-state index contributed by atoms with van der Waals surface area (Å²) in [5, 5.41) is 0. The van der Waals surface area contributed by atoms with Crippen molar-refractivity contribution in [3.8, 4) is 0 Å². The van der Waals surface area contributed by atoms with Gasteiger partial charge in [0.25, 0.3) is 0 Å². The number of carbonyl (C=O) groups excluding carboxylic acids is 1. The molecule has 0 saturated carbocycles. The van der Waals surface area contributed by atoms with Crippen molar-refractivity contribution in [1.29, 1.82) is 0 Å². The second kappa shape index (κ2) is 3.12. The highest BCUT2D eigenvalue weighted by Gasteiger charge is 2.25. The predicted octanol–water partition coefficient (Wildman–Crippen LogP) is 0.939. The molecular weight excluding hydrogens is 171 g/mol. The van der Waals surface area contributed by atoms with Gasteiger partial charge in [0, 0.05) is 17.6 Å². The van der Waals surface area contributed by atoms with E-state index in [0.717, 1.165) is 23.0 Å². The van der Waals surface area contributed by atoms with E-state index >= 15 is 0 Å². The molecule has 0 saturated heterocycles. The summed E-state index contributed by atoms with van der Waals surface area (Å²) in [6.07, 6.45) is 2.74. The Bertz CT molecular complexity index is 444. The largest absolute Gasteiger partial charge is 0.289 e. The minimum atomic E-state index is 0.222. The first kappa shape index (κ1) is 9.26. The van der Waals surface area contributed by atoms with E-state index in [0.29, 0.717) is 0 Å². The summed E-state index contributed by atoms with van der Waals surface area (Å²) in [7, 11) is 2.02. The van der Waals surface area contributed by atoms with Gasteiger partial charge in [0.2, 0.25) is 0 Å². The van der Waals surface area contributed by atoms with Gasteiger partial charge >= 0.3 is 0 Å². The average molecular weight is 184 g/mol. The molecule has 1 nitrogen and oxygen atoms in total. The molecule has 1 aromatic carbocycles. The number of rotatable bonds is 0. The van der Waals surface area contributed by atoms with Crippen LogP contribution in [0.5, 0.6) is 0 Å². The Labute approximate surface area is 85.2 Å². The summed E-state index contributed by atoms with van der Waals surface area (Å²) in [6.45, 7) is 4.01. The summed E-state index contributed by atoms with van der Waals surface area (Å²) in [5.74, 6) is 0.222. The number of aryl methyl sites for hydroxylation is 1. The van der Waals surface area contributed by atoms with Crippen LogP contribution >= 0.6 is 0 Å². The van der Waals surface area contributed by atoms with Gasteiger partial charge in [0.15, 0.2) is 5.78 Å². The third kappa shape index (κ3) is 1.22. The molecule has 0 fully saturated rings. The summed E-state index contributed by atoms with van der Waals surface area (Å²) >= 11 is 0. The third-order valence-electron chi connectivity index (χ3n) is 2.81. The second-order valence-corrected chi connectivity index (χ2v) is 3.94. The summed E-state index contributed by atoms with van der Waals surface area (Å²) in [5.41, 5.74) is 5.42. The van der Waals surface area contributed by atoms with Gasteiger partial charge in [-0.05, 0) is 19.4 Å². The fourth-order valence-corrected chi connectivity index (χ4v) is 2.20. The lowest BCUT2D eigenvalue weighted by Crippen LogP contribution is -2.14. The van der Waals surface area contributed by atoms with E-state index in [4.69, 9.17) is 0 Å². The van der Waals surface area contributed by atoms with Gasteiger partial charge in [-0.15, -0.1) is 0 Å². The van der Waals surface area contributed by atoms with E-state index < -0.39 is 0 Å². The van der Waals surface area contributed by atoms with Gasteiger partial charge < -0.3 is 0 Å². The molecule has 14 heavy (non-hydrogen) atoms. The Hall–Kier alpha value is -1.31. The van der Waals surface area contributed by atoms with Gasteiger partial charge in [-0.25, -0.2) is 0 Å². The number of allylic oxidation sites excluding steroid dienone is 2. The zero-order chi connectivity index (χ0) is 10.3. The quantitative estimate of drug-likeness (QED) is 0.433. The maximum atomic E-state index is 11.9. The van der Waals surface area contributed by atoms with Crippen LogP contribution in [-0.4, -0.2) is 13.6 Å². The van der Waals surface area contributed by atoms with Crippen molar-refractivity contribution >= 4 is 19.1 Å². The molecule has 0 heterocycles. The van der Waals surface area contributed by atoms with Crippen LogP contribution in [0, 0.1) is 6.92 Å². The van der Waals surface area contributed by atoms with Crippen molar-refractivity contribution in [3.63, 3.8) is 0 Å². The zero-order valence-corrected chi connectivity index (χ0v) is 8.85. The summed E-state index contributed by atoms with van der Waals surface area (Å²) in [4.78, 5) is 11.9. The molecule has 0 amide bonds. The number of ketones is 1. The van der Waals surface area contributed by atoms with Gasteiger partial charge in [0.05, 0.1) is 0 Å². The van der Waals surface area contributed by atoms with Crippen molar-refractivity contribution in [3.05, 3.63) is 40.5 Å². The Morgan fingerprint density at radius 3 is 2.79 bits per heavy atom. The molecule has 2 rings (SSSR count). The van der Waals surface area contributed by atoms with Crippen LogP contribution in [0.3, 0.4) is 0 Å². The van der Waals surface area contributed by atoms with Crippen LogP contribution in [0.1, 0.15) is 28.4 Å². The predicted molar refractivity (Wildman–Crippen MR) is 61.1 cm³/mol. The fourth-order valence-electron chi connectivity index (χ4n) is 2.20. The highest BCUT2D eigenvalue weighted by molar-refractivity contribution is 6.38. The zero-order valence-electron chi connectivity index (χ0n) is 8.85. The molecule has 0 aliphatic heterocycles. The lowest BCUT2D eigenvalue weighted by Gasteiger charge is -2.03. The normalized spacial score (nSPS) is 17.6. The molecule has 70 valence electrons. The van der Waals surface area contributed by atoms with E-state index in [1.807, 2.05) is 20.8 Å². The van der Waals surface area contributed by atoms with E-state index in [2.05, 4.69) is 19.1 Å². The van der Waals surface area contributed by atoms with Crippen molar-refractivity contribution < 1.29 is 4.79 Å². The SMILES string of the molecule is Bc1cc(C)cc2c1C(=O)/C(=C\C)C2. The number of Topliss-reactive ketones (excluding diaryl/α,β-unsaturated/α-hetero) is 1. The standard InChI is InChI=1S/C12H13BO/c1-3-8-6-9-4-7(2)5-10(13)11(9)12(8)14/h3-5H,6,13H2,1-2H3/b8-3-. The van der Waals surface area contributed by atoms with Crippen molar-refractivity contribution in [1.82, 2.24) is 0 Å². The van der Waals surface area contributed by atoms with Crippen LogP contribution in [0.25, 0.3) is 0 Å². The number of benzene rings is 1.